The van der Waals surface area contributed by atoms with Crippen LogP contribution in [0.1, 0.15) is 47.7 Å². The van der Waals surface area contributed by atoms with E-state index in [4.69, 9.17) is 4.74 Å². The number of piperidine rings is 1. The van der Waals surface area contributed by atoms with Crippen LogP contribution in [0.5, 0.6) is 0 Å². The molecule has 4 rings (SSSR count). The van der Waals surface area contributed by atoms with E-state index in [0.717, 1.165) is 74.4 Å². The molecule has 1 atom stereocenters. The Morgan fingerprint density at radius 1 is 1.07 bits per heavy atom. The fourth-order valence-electron chi connectivity index (χ4n) is 4.65. The summed E-state index contributed by atoms with van der Waals surface area (Å²) in [4.78, 5) is 29.9. The third-order valence-electron chi connectivity index (χ3n) is 6.14. The molecule has 0 radical (unpaired) electrons. The minimum Gasteiger partial charge on any atom is -0.466 e. The second-order valence-corrected chi connectivity index (χ2v) is 8.17. The minimum absolute atomic E-state index is 0.00195. The molecule has 2 aliphatic heterocycles. The van der Waals surface area contributed by atoms with Crippen molar-refractivity contribution in [2.75, 3.05) is 37.7 Å². The molecule has 1 fully saturated rings. The molecule has 0 unspecified atom stereocenters. The summed E-state index contributed by atoms with van der Waals surface area (Å²) >= 11 is 0. The number of esters is 1. The Kier molecular flexibility index (Phi) is 6.48. The maximum atomic E-state index is 13.1. The molecular weight excluding hydrogens is 376 g/mol. The Bertz CT molecular complexity index is 911. The summed E-state index contributed by atoms with van der Waals surface area (Å²) in [6, 6.07) is 15.9. The van der Waals surface area contributed by atoms with Crippen molar-refractivity contribution >= 4 is 17.4 Å². The maximum Gasteiger partial charge on any atom is 0.310 e. The molecule has 0 bridgehead atoms. The molecule has 2 aromatic carbocycles. The lowest BCUT2D eigenvalue weighted by Crippen LogP contribution is -2.40. The van der Waals surface area contributed by atoms with Crippen LogP contribution in [0.15, 0.2) is 48.5 Å². The van der Waals surface area contributed by atoms with E-state index in [-0.39, 0.29) is 17.7 Å². The molecule has 2 aromatic rings. The monoisotopic (exact) mass is 406 g/mol. The van der Waals surface area contributed by atoms with Crippen molar-refractivity contribution in [2.24, 2.45) is 5.92 Å². The Hall–Kier alpha value is -2.66. The Balaban J connectivity index is 1.42. The number of ether oxygens (including phenoxy) is 1. The van der Waals surface area contributed by atoms with Gasteiger partial charge in [-0.15, -0.1) is 0 Å². The zero-order valence-electron chi connectivity index (χ0n) is 17.7. The van der Waals surface area contributed by atoms with Crippen molar-refractivity contribution in [2.45, 2.75) is 32.7 Å². The third-order valence-corrected chi connectivity index (χ3v) is 6.14. The summed E-state index contributed by atoms with van der Waals surface area (Å²) in [5, 5.41) is 0. The SMILES string of the molecule is CCOC(=O)[C@@H]1CCCN(CCCN2Cc3ccccc3C(=O)c3ccccc32)C1. The van der Waals surface area contributed by atoms with E-state index >= 15 is 0 Å². The van der Waals surface area contributed by atoms with Gasteiger partial charge in [-0.2, -0.15) is 0 Å². The summed E-state index contributed by atoms with van der Waals surface area (Å²) in [7, 11) is 0. The van der Waals surface area contributed by atoms with Crippen molar-refractivity contribution in [1.82, 2.24) is 4.90 Å². The molecular formula is C25H30N2O3. The second kappa shape index (κ2) is 9.43. The van der Waals surface area contributed by atoms with Crippen LogP contribution in [-0.4, -0.2) is 49.4 Å². The Labute approximate surface area is 178 Å². The second-order valence-electron chi connectivity index (χ2n) is 8.17. The zero-order chi connectivity index (χ0) is 20.9. The largest absolute Gasteiger partial charge is 0.466 e. The van der Waals surface area contributed by atoms with Crippen LogP contribution in [0, 0.1) is 5.92 Å². The number of hydrogen-bond donors (Lipinski definition) is 0. The molecule has 2 aliphatic rings. The quantitative estimate of drug-likeness (QED) is 0.681. The van der Waals surface area contributed by atoms with Crippen molar-refractivity contribution in [3.8, 4) is 0 Å². The van der Waals surface area contributed by atoms with Crippen molar-refractivity contribution in [1.29, 1.82) is 0 Å². The van der Waals surface area contributed by atoms with E-state index in [0.29, 0.717) is 6.61 Å². The fraction of sp³-hybridized carbons (Fsp3) is 0.440. The lowest BCUT2D eigenvalue weighted by Gasteiger charge is -2.32. The van der Waals surface area contributed by atoms with Gasteiger partial charge < -0.3 is 14.5 Å². The first-order valence-corrected chi connectivity index (χ1v) is 11.0. The number of benzene rings is 2. The first-order valence-electron chi connectivity index (χ1n) is 11.0. The average molecular weight is 407 g/mol. The van der Waals surface area contributed by atoms with E-state index < -0.39 is 0 Å². The average Bonchev–Trinajstić information content (AvgIpc) is 2.90. The van der Waals surface area contributed by atoms with E-state index in [1.54, 1.807) is 0 Å². The van der Waals surface area contributed by atoms with Crippen LogP contribution in [0.2, 0.25) is 0 Å². The number of hydrogen-bond acceptors (Lipinski definition) is 5. The molecule has 5 heteroatoms. The van der Waals surface area contributed by atoms with Gasteiger partial charge in [0.1, 0.15) is 0 Å². The number of nitrogens with zero attached hydrogens (tertiary/aromatic N) is 2. The van der Waals surface area contributed by atoms with Gasteiger partial charge in [0, 0.05) is 36.4 Å². The molecule has 0 amide bonds. The van der Waals surface area contributed by atoms with Gasteiger partial charge in [0.25, 0.3) is 0 Å². The van der Waals surface area contributed by atoms with Gasteiger partial charge in [0.05, 0.1) is 12.5 Å². The number of fused-ring (bicyclic) bond motifs is 2. The fourth-order valence-corrected chi connectivity index (χ4v) is 4.65. The molecule has 5 nitrogen and oxygen atoms in total. The molecule has 0 saturated carbocycles. The predicted octanol–water partition coefficient (Wildman–Crippen LogP) is 3.90. The molecule has 0 spiro atoms. The highest BCUT2D eigenvalue weighted by Crippen LogP contribution is 2.30. The summed E-state index contributed by atoms with van der Waals surface area (Å²) in [5.41, 5.74) is 3.68. The topological polar surface area (TPSA) is 49.9 Å². The number of carbonyl (C=O) groups is 2. The number of ketones is 1. The van der Waals surface area contributed by atoms with E-state index in [1.165, 1.54) is 0 Å². The molecule has 0 aromatic heterocycles. The predicted molar refractivity (Wildman–Crippen MR) is 118 cm³/mol. The standard InChI is InChI=1S/C25H30N2O3/c1-2-30-25(29)20-10-7-14-26(17-20)15-8-16-27-18-19-9-3-4-11-21(19)24(28)22-12-5-6-13-23(22)27/h3-6,9,11-13,20H,2,7-8,10,14-18H2,1H3/t20-/m1/s1. The first kappa shape index (κ1) is 20.6. The van der Waals surface area contributed by atoms with Crippen LogP contribution < -0.4 is 4.90 Å². The van der Waals surface area contributed by atoms with Gasteiger partial charge in [0.2, 0.25) is 0 Å². The van der Waals surface area contributed by atoms with Crippen LogP contribution in [-0.2, 0) is 16.1 Å². The number of carbonyl (C=O) groups excluding carboxylic acids is 2. The molecule has 0 N–H and O–H groups in total. The zero-order valence-corrected chi connectivity index (χ0v) is 17.7. The van der Waals surface area contributed by atoms with Gasteiger partial charge in [0.15, 0.2) is 5.78 Å². The highest BCUT2D eigenvalue weighted by atomic mass is 16.5. The smallest absolute Gasteiger partial charge is 0.310 e. The highest BCUT2D eigenvalue weighted by Gasteiger charge is 2.27. The maximum absolute atomic E-state index is 13.1. The lowest BCUT2D eigenvalue weighted by atomic mass is 9.98. The van der Waals surface area contributed by atoms with Gasteiger partial charge in [-0.25, -0.2) is 0 Å². The lowest BCUT2D eigenvalue weighted by molar-refractivity contribution is -0.149. The van der Waals surface area contributed by atoms with Crippen molar-refractivity contribution in [3.63, 3.8) is 0 Å². The molecule has 0 aliphatic carbocycles. The van der Waals surface area contributed by atoms with E-state index in [2.05, 4.69) is 21.9 Å². The van der Waals surface area contributed by atoms with Crippen LogP contribution in [0.4, 0.5) is 5.69 Å². The number of likely N-dealkylation sites (tertiary alicyclic amines) is 1. The number of anilines is 1. The van der Waals surface area contributed by atoms with Crippen molar-refractivity contribution in [3.05, 3.63) is 65.2 Å². The summed E-state index contributed by atoms with van der Waals surface area (Å²) in [6.45, 7) is 6.70. The van der Waals surface area contributed by atoms with Gasteiger partial charge in [-0.1, -0.05) is 36.4 Å². The first-order chi connectivity index (χ1) is 14.7. The normalized spacial score (nSPS) is 19.0. The van der Waals surface area contributed by atoms with Crippen molar-refractivity contribution < 1.29 is 14.3 Å². The summed E-state index contributed by atoms with van der Waals surface area (Å²) < 4.78 is 5.22. The molecule has 2 heterocycles. The highest BCUT2D eigenvalue weighted by molar-refractivity contribution is 6.14. The molecule has 1 saturated heterocycles. The third kappa shape index (κ3) is 4.41. The van der Waals surface area contributed by atoms with E-state index in [1.807, 2.05) is 43.3 Å². The Morgan fingerprint density at radius 2 is 1.83 bits per heavy atom. The summed E-state index contributed by atoms with van der Waals surface area (Å²) in [5.74, 6) is 0.0536. The van der Waals surface area contributed by atoms with Crippen LogP contribution >= 0.6 is 0 Å². The molecule has 158 valence electrons. The number of para-hydroxylation sites is 1. The van der Waals surface area contributed by atoms with Crippen LogP contribution in [0.25, 0.3) is 0 Å². The minimum atomic E-state index is -0.0567. The van der Waals surface area contributed by atoms with E-state index in [9.17, 15) is 9.59 Å². The number of rotatable bonds is 6. The van der Waals surface area contributed by atoms with Gasteiger partial charge in [-0.05, 0) is 57.0 Å². The van der Waals surface area contributed by atoms with Crippen LogP contribution in [0.3, 0.4) is 0 Å². The summed E-state index contributed by atoms with van der Waals surface area (Å²) in [6.07, 6.45) is 2.95. The molecule has 30 heavy (non-hydrogen) atoms. The van der Waals surface area contributed by atoms with Gasteiger partial charge >= 0.3 is 5.97 Å². The Morgan fingerprint density at radius 3 is 2.67 bits per heavy atom. The van der Waals surface area contributed by atoms with Gasteiger partial charge in [-0.3, -0.25) is 9.59 Å².